The molecule has 0 radical (unpaired) electrons. The molecule has 8 atom stereocenters. The highest BCUT2D eigenvalue weighted by Gasteiger charge is 2.59. The highest BCUT2D eigenvalue weighted by atomic mass is 16.5. The topological polar surface area (TPSA) is 26.3 Å². The summed E-state index contributed by atoms with van der Waals surface area (Å²) in [4.78, 5) is 12.7. The van der Waals surface area contributed by atoms with Crippen molar-refractivity contribution < 1.29 is 9.53 Å². The third-order valence-electron chi connectivity index (χ3n) is 11.5. The number of rotatable bonds is 7. The maximum atomic E-state index is 12.7. The standard InChI is InChI=1S/C34H50O2/c1-23(2)10-9-11-24(3)29-16-17-30-28-15-14-26-22-27(36-32(35)25-12-7-6-8-13-25)18-20-33(26,4)31(28)19-21-34(29,30)5/h6-8,12-14,23-24,27-31H,9-11,15-22H2,1-5H3/t24-,27-,28+,29-,30+,31-,33-,34+/m0/s1. The Morgan fingerprint density at radius 2 is 1.75 bits per heavy atom. The van der Waals surface area contributed by atoms with Crippen LogP contribution in [0.2, 0.25) is 0 Å². The van der Waals surface area contributed by atoms with Gasteiger partial charge in [0, 0.05) is 6.42 Å². The summed E-state index contributed by atoms with van der Waals surface area (Å²) >= 11 is 0. The Balaban J connectivity index is 1.25. The Morgan fingerprint density at radius 3 is 2.50 bits per heavy atom. The molecule has 36 heavy (non-hydrogen) atoms. The molecule has 2 nitrogen and oxygen atoms in total. The first-order chi connectivity index (χ1) is 17.2. The van der Waals surface area contributed by atoms with Gasteiger partial charge in [0.2, 0.25) is 0 Å². The van der Waals surface area contributed by atoms with Gasteiger partial charge in [-0.25, -0.2) is 4.79 Å². The van der Waals surface area contributed by atoms with E-state index in [-0.39, 0.29) is 12.1 Å². The van der Waals surface area contributed by atoms with Crippen LogP contribution >= 0.6 is 0 Å². The lowest BCUT2D eigenvalue weighted by atomic mass is 9.47. The summed E-state index contributed by atoms with van der Waals surface area (Å²) in [5.41, 5.74) is 3.12. The lowest BCUT2D eigenvalue weighted by molar-refractivity contribution is -0.0594. The summed E-state index contributed by atoms with van der Waals surface area (Å²) in [6.45, 7) is 12.6. The van der Waals surface area contributed by atoms with Crippen LogP contribution < -0.4 is 0 Å². The fraction of sp³-hybridized carbons (Fsp3) is 0.735. The Kier molecular flexibility index (Phi) is 7.45. The van der Waals surface area contributed by atoms with E-state index in [4.69, 9.17) is 4.74 Å². The maximum Gasteiger partial charge on any atom is 0.338 e. The number of carbonyl (C=O) groups is 1. The number of hydrogen-bond acceptors (Lipinski definition) is 2. The van der Waals surface area contributed by atoms with Crippen molar-refractivity contribution in [2.75, 3.05) is 0 Å². The summed E-state index contributed by atoms with van der Waals surface area (Å²) in [7, 11) is 0. The van der Waals surface area contributed by atoms with Crippen molar-refractivity contribution in [3.05, 3.63) is 47.5 Å². The fourth-order valence-electron chi connectivity index (χ4n) is 9.55. The molecule has 0 aromatic heterocycles. The number of ether oxygens (including phenoxy) is 1. The zero-order valence-electron chi connectivity index (χ0n) is 23.6. The Bertz CT molecular complexity index is 947. The largest absolute Gasteiger partial charge is 0.458 e. The summed E-state index contributed by atoms with van der Waals surface area (Å²) < 4.78 is 6.00. The summed E-state index contributed by atoms with van der Waals surface area (Å²) in [6, 6.07) is 9.49. The molecule has 3 saturated carbocycles. The highest BCUT2D eigenvalue weighted by molar-refractivity contribution is 5.89. The van der Waals surface area contributed by atoms with E-state index < -0.39 is 0 Å². The molecule has 0 heterocycles. The van der Waals surface area contributed by atoms with Gasteiger partial charge < -0.3 is 4.74 Å². The molecule has 0 saturated heterocycles. The predicted octanol–water partition coefficient (Wildman–Crippen LogP) is 9.25. The molecule has 0 aliphatic heterocycles. The Labute approximate surface area is 220 Å². The zero-order chi connectivity index (χ0) is 25.5. The second kappa shape index (κ2) is 10.3. The molecule has 198 valence electrons. The first-order valence-corrected chi connectivity index (χ1v) is 15.2. The third-order valence-corrected chi connectivity index (χ3v) is 11.5. The average molecular weight is 491 g/mol. The number of fused-ring (bicyclic) bond motifs is 5. The van der Waals surface area contributed by atoms with E-state index in [0.29, 0.717) is 16.4 Å². The van der Waals surface area contributed by atoms with E-state index in [1.807, 2.05) is 30.3 Å². The molecule has 4 aliphatic carbocycles. The molecule has 3 fully saturated rings. The van der Waals surface area contributed by atoms with Crippen LogP contribution in [0.15, 0.2) is 42.0 Å². The van der Waals surface area contributed by atoms with Crippen molar-refractivity contribution >= 4 is 5.97 Å². The van der Waals surface area contributed by atoms with Gasteiger partial charge in [0.05, 0.1) is 5.56 Å². The molecule has 0 spiro atoms. The number of allylic oxidation sites excluding steroid dienone is 1. The van der Waals surface area contributed by atoms with Crippen molar-refractivity contribution in [2.45, 2.75) is 111 Å². The lowest BCUT2D eigenvalue weighted by Crippen LogP contribution is -2.51. The summed E-state index contributed by atoms with van der Waals surface area (Å²) in [6.07, 6.45) is 17.0. The van der Waals surface area contributed by atoms with Gasteiger partial charge in [-0.1, -0.05) is 83.7 Å². The first-order valence-electron chi connectivity index (χ1n) is 15.2. The molecule has 5 rings (SSSR count). The number of hydrogen-bond donors (Lipinski definition) is 0. The Hall–Kier alpha value is -1.57. The van der Waals surface area contributed by atoms with Crippen molar-refractivity contribution in [1.82, 2.24) is 0 Å². The number of esters is 1. The van der Waals surface area contributed by atoms with E-state index in [1.54, 1.807) is 5.57 Å². The smallest absolute Gasteiger partial charge is 0.338 e. The molecule has 2 heteroatoms. The van der Waals surface area contributed by atoms with Crippen LogP contribution in [-0.4, -0.2) is 12.1 Å². The molecule has 1 aromatic rings. The lowest BCUT2D eigenvalue weighted by Gasteiger charge is -2.58. The zero-order valence-corrected chi connectivity index (χ0v) is 23.6. The fourth-order valence-corrected chi connectivity index (χ4v) is 9.55. The van der Waals surface area contributed by atoms with Crippen LogP contribution in [0.5, 0.6) is 0 Å². The van der Waals surface area contributed by atoms with Gasteiger partial charge in [-0.05, 0) is 103 Å². The predicted molar refractivity (Wildman–Crippen MR) is 149 cm³/mol. The van der Waals surface area contributed by atoms with E-state index in [0.717, 1.165) is 48.3 Å². The molecule has 0 amide bonds. The molecular formula is C34H50O2. The Morgan fingerprint density at radius 1 is 0.972 bits per heavy atom. The van der Waals surface area contributed by atoms with Gasteiger partial charge in [0.25, 0.3) is 0 Å². The molecule has 1 aromatic carbocycles. The van der Waals surface area contributed by atoms with Crippen molar-refractivity contribution in [1.29, 1.82) is 0 Å². The van der Waals surface area contributed by atoms with Gasteiger partial charge in [0.1, 0.15) is 6.10 Å². The second-order valence-corrected chi connectivity index (χ2v) is 13.9. The van der Waals surface area contributed by atoms with Crippen LogP contribution in [-0.2, 0) is 4.74 Å². The summed E-state index contributed by atoms with van der Waals surface area (Å²) in [5, 5.41) is 0. The van der Waals surface area contributed by atoms with Gasteiger partial charge in [-0.3, -0.25) is 0 Å². The monoisotopic (exact) mass is 490 g/mol. The minimum atomic E-state index is -0.161. The SMILES string of the molecule is CC(C)CCC[C@H](C)[C@@H]1CC[C@@H]2[C@H]3CC=C4C[C@@H](OC(=O)c5ccccc5)CC[C@]4(C)[C@H]3CC[C@@]21C. The van der Waals surface area contributed by atoms with Crippen LogP contribution in [0.25, 0.3) is 0 Å². The minimum Gasteiger partial charge on any atom is -0.458 e. The normalized spacial score (nSPS) is 38.5. The first kappa shape index (κ1) is 26.1. The van der Waals surface area contributed by atoms with Crippen LogP contribution in [0.4, 0.5) is 0 Å². The molecule has 0 bridgehead atoms. The maximum absolute atomic E-state index is 12.7. The van der Waals surface area contributed by atoms with E-state index in [9.17, 15) is 4.79 Å². The minimum absolute atomic E-state index is 0.0324. The van der Waals surface area contributed by atoms with E-state index in [2.05, 4.69) is 40.7 Å². The molecular weight excluding hydrogens is 440 g/mol. The summed E-state index contributed by atoms with van der Waals surface area (Å²) in [5.74, 6) is 5.03. The van der Waals surface area contributed by atoms with Gasteiger partial charge in [0.15, 0.2) is 0 Å². The van der Waals surface area contributed by atoms with E-state index >= 15 is 0 Å². The molecule has 0 N–H and O–H groups in total. The van der Waals surface area contributed by atoms with Crippen LogP contribution in [0.3, 0.4) is 0 Å². The molecule has 4 aliphatic rings. The second-order valence-electron chi connectivity index (χ2n) is 13.9. The van der Waals surface area contributed by atoms with E-state index in [1.165, 1.54) is 57.8 Å². The number of carbonyl (C=O) groups excluding carboxylic acids is 1. The van der Waals surface area contributed by atoms with Gasteiger partial charge in [-0.2, -0.15) is 0 Å². The quantitative estimate of drug-likeness (QED) is 0.281. The third kappa shape index (κ3) is 4.71. The molecule has 0 unspecified atom stereocenters. The number of benzene rings is 1. The average Bonchev–Trinajstić information content (AvgIpc) is 3.22. The van der Waals surface area contributed by atoms with Crippen LogP contribution in [0.1, 0.15) is 116 Å². The van der Waals surface area contributed by atoms with Gasteiger partial charge in [-0.15, -0.1) is 0 Å². The highest BCUT2D eigenvalue weighted by Crippen LogP contribution is 2.67. The van der Waals surface area contributed by atoms with Crippen molar-refractivity contribution in [3.63, 3.8) is 0 Å². The van der Waals surface area contributed by atoms with Crippen LogP contribution in [0, 0.1) is 46.3 Å². The van der Waals surface area contributed by atoms with Gasteiger partial charge >= 0.3 is 5.97 Å². The van der Waals surface area contributed by atoms with Crippen molar-refractivity contribution in [3.8, 4) is 0 Å². The van der Waals surface area contributed by atoms with Crippen molar-refractivity contribution in [2.24, 2.45) is 46.3 Å².